The van der Waals surface area contributed by atoms with Crippen molar-refractivity contribution in [2.45, 2.75) is 110 Å². The third-order valence-corrected chi connectivity index (χ3v) is 5.70. The summed E-state index contributed by atoms with van der Waals surface area (Å²) in [4.78, 5) is 0. The highest BCUT2D eigenvalue weighted by Gasteiger charge is 2.25. The SMILES string of the molecule is CCCCCCCCCCCCCCCC[N+]1(C)CCCC1.[I-]. The van der Waals surface area contributed by atoms with E-state index >= 15 is 0 Å². The average molecular weight is 437 g/mol. The predicted molar refractivity (Wildman–Crippen MR) is 100 cm³/mol. The lowest BCUT2D eigenvalue weighted by atomic mass is 10.0. The molecule has 2 heteroatoms. The van der Waals surface area contributed by atoms with E-state index < -0.39 is 0 Å². The standard InChI is InChI=1S/C21H44N.HI/c1-3-4-5-6-7-8-9-10-11-12-13-14-15-16-19-22(2)20-17-18-21-22;/h3-21H2,1-2H3;1H/q+1;/p-1. The van der Waals surface area contributed by atoms with Crippen molar-refractivity contribution in [2.24, 2.45) is 0 Å². The monoisotopic (exact) mass is 437 g/mol. The summed E-state index contributed by atoms with van der Waals surface area (Å²) < 4.78 is 1.37. The average Bonchev–Trinajstić information content (AvgIpc) is 2.94. The summed E-state index contributed by atoms with van der Waals surface area (Å²) in [5.41, 5.74) is 0. The number of hydrogen-bond donors (Lipinski definition) is 0. The van der Waals surface area contributed by atoms with Gasteiger partial charge in [-0.05, 0) is 12.8 Å². The highest BCUT2D eigenvalue weighted by Crippen LogP contribution is 2.18. The first-order valence-corrected chi connectivity index (χ1v) is 10.6. The molecule has 1 aliphatic heterocycles. The molecule has 0 N–H and O–H groups in total. The molecule has 1 aliphatic rings. The van der Waals surface area contributed by atoms with Gasteiger partial charge in [0.05, 0.1) is 26.7 Å². The zero-order valence-electron chi connectivity index (χ0n) is 16.3. The summed E-state index contributed by atoms with van der Waals surface area (Å²) in [5, 5.41) is 0. The van der Waals surface area contributed by atoms with Crippen molar-refractivity contribution in [3.8, 4) is 0 Å². The van der Waals surface area contributed by atoms with Gasteiger partial charge in [0.15, 0.2) is 0 Å². The summed E-state index contributed by atoms with van der Waals surface area (Å²) in [6.07, 6.45) is 23.5. The number of nitrogens with zero attached hydrogens (tertiary/aromatic N) is 1. The Kier molecular flexibility index (Phi) is 16.7. The fraction of sp³-hybridized carbons (Fsp3) is 1.00. The molecule has 0 unspecified atom stereocenters. The van der Waals surface area contributed by atoms with E-state index in [1.165, 1.54) is 127 Å². The molecule has 0 spiro atoms. The fourth-order valence-corrected chi connectivity index (χ4v) is 4.01. The molecule has 0 atom stereocenters. The molecule has 1 saturated heterocycles. The van der Waals surface area contributed by atoms with Gasteiger partial charge in [0, 0.05) is 12.8 Å². The van der Waals surface area contributed by atoms with Crippen molar-refractivity contribution in [3.63, 3.8) is 0 Å². The Hall–Kier alpha value is 0.690. The third kappa shape index (κ3) is 13.6. The summed E-state index contributed by atoms with van der Waals surface area (Å²) in [6, 6.07) is 0. The molecule has 0 amide bonds. The van der Waals surface area contributed by atoms with Gasteiger partial charge in [-0.15, -0.1) is 0 Å². The van der Waals surface area contributed by atoms with Crippen molar-refractivity contribution in [1.82, 2.24) is 0 Å². The molecule has 0 aromatic carbocycles. The van der Waals surface area contributed by atoms with Crippen LogP contribution >= 0.6 is 0 Å². The molecular weight excluding hydrogens is 393 g/mol. The van der Waals surface area contributed by atoms with Crippen molar-refractivity contribution in [1.29, 1.82) is 0 Å². The molecule has 0 aliphatic carbocycles. The zero-order valence-corrected chi connectivity index (χ0v) is 18.4. The van der Waals surface area contributed by atoms with Crippen LogP contribution in [0, 0.1) is 0 Å². The number of quaternary nitrogens is 1. The van der Waals surface area contributed by atoms with Gasteiger partial charge in [0.25, 0.3) is 0 Å². The molecule has 1 heterocycles. The van der Waals surface area contributed by atoms with Gasteiger partial charge in [-0.1, -0.05) is 84.0 Å². The minimum Gasteiger partial charge on any atom is -1.00 e. The molecule has 0 radical (unpaired) electrons. The van der Waals surface area contributed by atoms with Crippen molar-refractivity contribution in [3.05, 3.63) is 0 Å². The number of halogens is 1. The second-order valence-electron chi connectivity index (χ2n) is 8.09. The smallest absolute Gasteiger partial charge is 0.0786 e. The Balaban J connectivity index is 0.00000484. The number of unbranched alkanes of at least 4 members (excludes halogenated alkanes) is 13. The molecule has 0 aromatic rings. The van der Waals surface area contributed by atoms with E-state index in [9.17, 15) is 0 Å². The van der Waals surface area contributed by atoms with Gasteiger partial charge in [0.1, 0.15) is 0 Å². The molecular formula is C21H44IN. The van der Waals surface area contributed by atoms with Crippen LogP contribution in [0.1, 0.15) is 110 Å². The van der Waals surface area contributed by atoms with Gasteiger partial charge in [-0.25, -0.2) is 0 Å². The number of hydrogen-bond acceptors (Lipinski definition) is 0. The van der Waals surface area contributed by atoms with Crippen molar-refractivity contribution < 1.29 is 28.5 Å². The second-order valence-corrected chi connectivity index (χ2v) is 8.09. The van der Waals surface area contributed by atoms with Gasteiger partial charge >= 0.3 is 0 Å². The number of likely N-dealkylation sites (tertiary alicyclic amines) is 1. The summed E-state index contributed by atoms with van der Waals surface area (Å²) in [5.74, 6) is 0. The molecule has 0 aromatic heterocycles. The van der Waals surface area contributed by atoms with Crippen LogP contribution in [0.5, 0.6) is 0 Å². The minimum absolute atomic E-state index is 0. The van der Waals surface area contributed by atoms with Crippen molar-refractivity contribution >= 4 is 0 Å². The quantitative estimate of drug-likeness (QED) is 0.208. The van der Waals surface area contributed by atoms with E-state index in [0.29, 0.717) is 0 Å². The van der Waals surface area contributed by atoms with E-state index in [4.69, 9.17) is 0 Å². The summed E-state index contributed by atoms with van der Waals surface area (Å²) in [6.45, 7) is 6.63. The Morgan fingerprint density at radius 2 is 0.913 bits per heavy atom. The minimum atomic E-state index is 0. The molecule has 0 saturated carbocycles. The zero-order chi connectivity index (χ0) is 15.9. The van der Waals surface area contributed by atoms with Crippen LogP contribution in [-0.4, -0.2) is 31.2 Å². The Bertz CT molecular complexity index is 236. The fourth-order valence-electron chi connectivity index (χ4n) is 4.01. The topological polar surface area (TPSA) is 0 Å². The molecule has 1 fully saturated rings. The van der Waals surface area contributed by atoms with E-state index in [2.05, 4.69) is 14.0 Å². The van der Waals surface area contributed by atoms with Gasteiger partial charge in [-0.2, -0.15) is 0 Å². The van der Waals surface area contributed by atoms with Crippen LogP contribution in [0.4, 0.5) is 0 Å². The highest BCUT2D eigenvalue weighted by atomic mass is 127. The van der Waals surface area contributed by atoms with E-state index in [1.807, 2.05) is 0 Å². The lowest BCUT2D eigenvalue weighted by molar-refractivity contribution is -0.897. The molecule has 140 valence electrons. The van der Waals surface area contributed by atoms with Gasteiger partial charge in [0.2, 0.25) is 0 Å². The Labute approximate surface area is 164 Å². The second kappa shape index (κ2) is 16.2. The molecule has 0 bridgehead atoms. The maximum atomic E-state index is 2.47. The predicted octanol–water partition coefficient (Wildman–Crippen LogP) is 3.71. The lowest BCUT2D eigenvalue weighted by Crippen LogP contribution is -3.00. The molecule has 23 heavy (non-hydrogen) atoms. The summed E-state index contributed by atoms with van der Waals surface area (Å²) >= 11 is 0. The Morgan fingerprint density at radius 3 is 1.30 bits per heavy atom. The molecule has 1 rings (SSSR count). The van der Waals surface area contributed by atoms with Crippen LogP contribution in [0.3, 0.4) is 0 Å². The first kappa shape index (κ1) is 23.7. The number of rotatable bonds is 15. The van der Waals surface area contributed by atoms with E-state index in [-0.39, 0.29) is 24.0 Å². The van der Waals surface area contributed by atoms with Crippen LogP contribution in [0.25, 0.3) is 0 Å². The maximum Gasteiger partial charge on any atom is 0.0786 e. The normalized spacial score (nSPS) is 16.4. The van der Waals surface area contributed by atoms with E-state index in [1.54, 1.807) is 0 Å². The first-order valence-electron chi connectivity index (χ1n) is 10.6. The maximum absolute atomic E-state index is 2.47. The largest absolute Gasteiger partial charge is 1.00 e. The Morgan fingerprint density at radius 1 is 0.565 bits per heavy atom. The van der Waals surface area contributed by atoms with Gasteiger partial charge in [-0.3, -0.25) is 0 Å². The molecule has 1 nitrogen and oxygen atoms in total. The lowest BCUT2D eigenvalue weighted by Gasteiger charge is -2.29. The van der Waals surface area contributed by atoms with Crippen LogP contribution in [-0.2, 0) is 0 Å². The van der Waals surface area contributed by atoms with E-state index in [0.717, 1.165) is 0 Å². The summed E-state index contributed by atoms with van der Waals surface area (Å²) in [7, 11) is 2.47. The van der Waals surface area contributed by atoms with Crippen LogP contribution in [0.2, 0.25) is 0 Å². The third-order valence-electron chi connectivity index (χ3n) is 5.70. The van der Waals surface area contributed by atoms with Gasteiger partial charge < -0.3 is 28.5 Å². The first-order chi connectivity index (χ1) is 10.8. The van der Waals surface area contributed by atoms with Crippen molar-refractivity contribution in [2.75, 3.05) is 26.7 Å². The highest BCUT2D eigenvalue weighted by molar-refractivity contribution is 4.53. The van der Waals surface area contributed by atoms with Crippen LogP contribution < -0.4 is 24.0 Å². The van der Waals surface area contributed by atoms with Crippen LogP contribution in [0.15, 0.2) is 0 Å².